The van der Waals surface area contributed by atoms with E-state index in [1.54, 1.807) is 0 Å². The molecule has 0 aromatic heterocycles. The highest BCUT2D eigenvalue weighted by Crippen LogP contribution is 2.18. The highest BCUT2D eigenvalue weighted by atomic mass is 15.2. The van der Waals surface area contributed by atoms with Gasteiger partial charge >= 0.3 is 0 Å². The molecular formula is C17H28N4. The standard InChI is InChI=1S/C17H28N4/c1-4-18-17(21-15-10-11-15)19-12-16(13(2)3)20-14-8-6-5-7-9-14/h5-9,13,15-16,20H,4,10-12H2,1-3H3,(H2,18,19,21). The van der Waals surface area contributed by atoms with E-state index < -0.39 is 0 Å². The zero-order valence-electron chi connectivity index (χ0n) is 13.4. The number of anilines is 1. The Morgan fingerprint density at radius 1 is 1.24 bits per heavy atom. The van der Waals surface area contributed by atoms with Crippen molar-refractivity contribution in [1.82, 2.24) is 10.6 Å². The molecule has 1 aromatic rings. The number of aliphatic imine (C=N–C) groups is 1. The maximum absolute atomic E-state index is 4.74. The van der Waals surface area contributed by atoms with E-state index in [2.05, 4.69) is 61.0 Å². The molecule has 0 amide bonds. The molecule has 1 unspecified atom stereocenters. The van der Waals surface area contributed by atoms with Crippen LogP contribution in [0.15, 0.2) is 35.3 Å². The monoisotopic (exact) mass is 288 g/mol. The van der Waals surface area contributed by atoms with Gasteiger partial charge in [-0.2, -0.15) is 0 Å². The number of nitrogens with one attached hydrogen (secondary N) is 3. The number of para-hydroxylation sites is 1. The number of guanidine groups is 1. The molecule has 1 aliphatic rings. The summed E-state index contributed by atoms with van der Waals surface area (Å²) in [6.07, 6.45) is 2.53. The van der Waals surface area contributed by atoms with Gasteiger partial charge in [0.05, 0.1) is 6.54 Å². The van der Waals surface area contributed by atoms with Crippen molar-refractivity contribution in [1.29, 1.82) is 0 Å². The lowest BCUT2D eigenvalue weighted by Gasteiger charge is -2.22. The van der Waals surface area contributed by atoms with Crippen LogP contribution in [0, 0.1) is 5.92 Å². The van der Waals surface area contributed by atoms with E-state index in [1.165, 1.54) is 12.8 Å². The van der Waals surface area contributed by atoms with Crippen molar-refractivity contribution < 1.29 is 0 Å². The van der Waals surface area contributed by atoms with Crippen molar-refractivity contribution in [3.05, 3.63) is 30.3 Å². The average Bonchev–Trinajstić information content (AvgIpc) is 3.28. The SMILES string of the molecule is CCNC(=NCC(Nc1ccccc1)C(C)C)NC1CC1. The molecule has 0 radical (unpaired) electrons. The molecule has 4 nitrogen and oxygen atoms in total. The second kappa shape index (κ2) is 7.91. The van der Waals surface area contributed by atoms with Gasteiger partial charge in [-0.1, -0.05) is 32.0 Å². The minimum Gasteiger partial charge on any atom is -0.380 e. The second-order valence-electron chi connectivity index (χ2n) is 6.00. The second-order valence-corrected chi connectivity index (χ2v) is 6.00. The fourth-order valence-corrected chi connectivity index (χ4v) is 2.10. The molecule has 4 heteroatoms. The van der Waals surface area contributed by atoms with Crippen LogP contribution < -0.4 is 16.0 Å². The third-order valence-corrected chi connectivity index (χ3v) is 3.64. The third kappa shape index (κ3) is 5.66. The van der Waals surface area contributed by atoms with Crippen molar-refractivity contribution in [2.24, 2.45) is 10.9 Å². The zero-order chi connectivity index (χ0) is 15.1. The summed E-state index contributed by atoms with van der Waals surface area (Å²) in [5.74, 6) is 1.47. The van der Waals surface area contributed by atoms with E-state index in [4.69, 9.17) is 4.99 Å². The van der Waals surface area contributed by atoms with Gasteiger partial charge in [-0.05, 0) is 37.8 Å². The van der Waals surface area contributed by atoms with E-state index >= 15 is 0 Å². The van der Waals surface area contributed by atoms with Crippen molar-refractivity contribution >= 4 is 11.6 Å². The largest absolute Gasteiger partial charge is 0.380 e. The van der Waals surface area contributed by atoms with E-state index in [-0.39, 0.29) is 0 Å². The van der Waals surface area contributed by atoms with Crippen LogP contribution in [0.25, 0.3) is 0 Å². The summed E-state index contributed by atoms with van der Waals surface area (Å²) in [6, 6.07) is 11.3. The summed E-state index contributed by atoms with van der Waals surface area (Å²) in [5.41, 5.74) is 1.16. The van der Waals surface area contributed by atoms with Gasteiger partial charge in [0, 0.05) is 24.3 Å². The van der Waals surface area contributed by atoms with Crippen molar-refractivity contribution in [2.75, 3.05) is 18.4 Å². The summed E-state index contributed by atoms with van der Waals surface area (Å²) in [7, 11) is 0. The van der Waals surface area contributed by atoms with Crippen LogP contribution in [-0.4, -0.2) is 31.1 Å². The molecule has 2 rings (SSSR count). The molecule has 0 spiro atoms. The Balaban J connectivity index is 1.93. The lowest BCUT2D eigenvalue weighted by molar-refractivity contribution is 0.530. The molecule has 3 N–H and O–H groups in total. The van der Waals surface area contributed by atoms with Gasteiger partial charge in [-0.15, -0.1) is 0 Å². The van der Waals surface area contributed by atoms with Crippen LogP contribution in [0.2, 0.25) is 0 Å². The van der Waals surface area contributed by atoms with Gasteiger partial charge < -0.3 is 16.0 Å². The topological polar surface area (TPSA) is 48.5 Å². The Morgan fingerprint density at radius 3 is 2.52 bits per heavy atom. The Hall–Kier alpha value is -1.71. The summed E-state index contributed by atoms with van der Waals surface area (Å²) >= 11 is 0. The Kier molecular flexibility index (Phi) is 5.90. The van der Waals surface area contributed by atoms with Crippen molar-refractivity contribution in [3.63, 3.8) is 0 Å². The molecule has 1 fully saturated rings. The Labute approximate surface area is 128 Å². The van der Waals surface area contributed by atoms with Gasteiger partial charge in [-0.25, -0.2) is 0 Å². The summed E-state index contributed by atoms with van der Waals surface area (Å²) in [5, 5.41) is 10.4. The maximum Gasteiger partial charge on any atom is 0.191 e. The first kappa shape index (κ1) is 15.7. The Bertz CT molecular complexity index is 437. The molecule has 1 aromatic carbocycles. The van der Waals surface area contributed by atoms with E-state index in [0.717, 1.165) is 24.7 Å². The summed E-state index contributed by atoms with van der Waals surface area (Å²) in [4.78, 5) is 4.74. The third-order valence-electron chi connectivity index (χ3n) is 3.64. The molecule has 1 aliphatic carbocycles. The molecule has 0 bridgehead atoms. The Morgan fingerprint density at radius 2 is 1.95 bits per heavy atom. The number of nitrogens with zero attached hydrogens (tertiary/aromatic N) is 1. The molecule has 1 atom stereocenters. The average molecular weight is 288 g/mol. The highest BCUT2D eigenvalue weighted by molar-refractivity contribution is 5.80. The van der Waals surface area contributed by atoms with Gasteiger partial charge in [0.25, 0.3) is 0 Å². The summed E-state index contributed by atoms with van der Waals surface area (Å²) < 4.78 is 0. The first-order valence-electron chi connectivity index (χ1n) is 8.05. The number of rotatable bonds is 7. The predicted molar refractivity (Wildman–Crippen MR) is 90.8 cm³/mol. The number of hydrogen-bond donors (Lipinski definition) is 3. The van der Waals surface area contributed by atoms with Crippen LogP contribution in [0.4, 0.5) is 5.69 Å². The molecular weight excluding hydrogens is 260 g/mol. The van der Waals surface area contributed by atoms with Crippen LogP contribution in [-0.2, 0) is 0 Å². The van der Waals surface area contributed by atoms with Crippen LogP contribution in [0.1, 0.15) is 33.6 Å². The van der Waals surface area contributed by atoms with E-state index in [1.807, 2.05) is 6.07 Å². The molecule has 116 valence electrons. The predicted octanol–water partition coefficient (Wildman–Crippen LogP) is 2.84. The molecule has 0 saturated heterocycles. The number of benzene rings is 1. The van der Waals surface area contributed by atoms with Crippen molar-refractivity contribution in [3.8, 4) is 0 Å². The van der Waals surface area contributed by atoms with Gasteiger partial charge in [-0.3, -0.25) is 4.99 Å². The lowest BCUT2D eigenvalue weighted by atomic mass is 10.0. The van der Waals surface area contributed by atoms with Gasteiger partial charge in [0.2, 0.25) is 0 Å². The first-order chi connectivity index (χ1) is 10.2. The minimum atomic E-state index is 0.335. The molecule has 21 heavy (non-hydrogen) atoms. The minimum absolute atomic E-state index is 0.335. The van der Waals surface area contributed by atoms with E-state index in [0.29, 0.717) is 18.0 Å². The highest BCUT2D eigenvalue weighted by Gasteiger charge is 2.22. The molecule has 0 aliphatic heterocycles. The number of hydrogen-bond acceptors (Lipinski definition) is 2. The van der Waals surface area contributed by atoms with Gasteiger partial charge in [0.15, 0.2) is 5.96 Å². The smallest absolute Gasteiger partial charge is 0.191 e. The normalized spacial score (nSPS) is 16.7. The van der Waals surface area contributed by atoms with Crippen molar-refractivity contribution in [2.45, 2.75) is 45.7 Å². The fourth-order valence-electron chi connectivity index (χ4n) is 2.10. The van der Waals surface area contributed by atoms with Gasteiger partial charge in [0.1, 0.15) is 0 Å². The summed E-state index contributed by atoms with van der Waals surface area (Å²) in [6.45, 7) is 8.24. The van der Waals surface area contributed by atoms with Crippen LogP contribution >= 0.6 is 0 Å². The molecule has 1 saturated carbocycles. The van der Waals surface area contributed by atoms with Crippen LogP contribution in [0.5, 0.6) is 0 Å². The lowest BCUT2D eigenvalue weighted by Crippen LogP contribution is -2.40. The van der Waals surface area contributed by atoms with E-state index in [9.17, 15) is 0 Å². The van der Waals surface area contributed by atoms with Crippen LogP contribution in [0.3, 0.4) is 0 Å². The first-order valence-corrected chi connectivity index (χ1v) is 8.05. The maximum atomic E-state index is 4.74. The molecule has 0 heterocycles. The zero-order valence-corrected chi connectivity index (χ0v) is 13.4. The fraction of sp³-hybridized carbons (Fsp3) is 0.588. The quantitative estimate of drug-likeness (QED) is 0.534.